The molecule has 8 heteroatoms. The van der Waals surface area contributed by atoms with Crippen LogP contribution in [-0.4, -0.2) is 37.4 Å². The molecule has 0 aliphatic carbocycles. The Bertz CT molecular complexity index is 707. The van der Waals surface area contributed by atoms with Crippen molar-refractivity contribution in [3.8, 4) is 17.6 Å². The van der Waals surface area contributed by atoms with E-state index in [0.29, 0.717) is 27.7 Å². The van der Waals surface area contributed by atoms with Crippen LogP contribution in [0.1, 0.15) is 18.4 Å². The Labute approximate surface area is 156 Å². The first-order valence-electron chi connectivity index (χ1n) is 7.24. The van der Waals surface area contributed by atoms with Crippen LogP contribution >= 0.6 is 31.9 Å². The van der Waals surface area contributed by atoms with Gasteiger partial charge in [0.05, 0.1) is 17.7 Å². The molecule has 1 aliphatic heterocycles. The van der Waals surface area contributed by atoms with E-state index in [-0.39, 0.29) is 23.2 Å². The van der Waals surface area contributed by atoms with Gasteiger partial charge < -0.3 is 19.9 Å². The van der Waals surface area contributed by atoms with Gasteiger partial charge in [0.25, 0.3) is 5.91 Å². The van der Waals surface area contributed by atoms with Crippen molar-refractivity contribution in [3.05, 3.63) is 26.1 Å². The van der Waals surface area contributed by atoms with E-state index >= 15 is 0 Å². The summed E-state index contributed by atoms with van der Waals surface area (Å²) in [5.41, 5.74) is 0.480. The van der Waals surface area contributed by atoms with E-state index in [2.05, 4.69) is 37.2 Å². The number of ether oxygens (including phenoxy) is 2. The fraction of sp³-hybridized carbons (Fsp3) is 0.375. The molecule has 0 unspecified atom stereocenters. The summed E-state index contributed by atoms with van der Waals surface area (Å²) in [4.78, 5) is 12.2. The minimum Gasteiger partial charge on any atom is -0.503 e. The predicted molar refractivity (Wildman–Crippen MR) is 95.6 cm³/mol. The van der Waals surface area contributed by atoms with Gasteiger partial charge in [-0.1, -0.05) is 0 Å². The number of methoxy groups -OCH3 is 1. The second-order valence-electron chi connectivity index (χ2n) is 5.16. The summed E-state index contributed by atoms with van der Waals surface area (Å²) in [5.74, 6) is -0.306. The number of halogens is 2. The average Bonchev–Trinajstić information content (AvgIpc) is 3.10. The summed E-state index contributed by atoms with van der Waals surface area (Å²) in [7, 11) is 1.42. The van der Waals surface area contributed by atoms with Crippen molar-refractivity contribution in [2.75, 3.05) is 20.3 Å². The Kier molecular flexibility index (Phi) is 6.66. The lowest BCUT2D eigenvalue weighted by Gasteiger charge is -2.11. The van der Waals surface area contributed by atoms with Crippen LogP contribution in [0.2, 0.25) is 0 Å². The Morgan fingerprint density at radius 2 is 2.33 bits per heavy atom. The van der Waals surface area contributed by atoms with E-state index in [9.17, 15) is 15.2 Å². The van der Waals surface area contributed by atoms with E-state index < -0.39 is 5.91 Å². The van der Waals surface area contributed by atoms with Gasteiger partial charge in [0.1, 0.15) is 11.6 Å². The number of carbonyl (C=O) groups is 1. The van der Waals surface area contributed by atoms with Crippen molar-refractivity contribution >= 4 is 43.8 Å². The molecule has 128 valence electrons. The molecule has 0 radical (unpaired) electrons. The molecule has 2 rings (SSSR count). The molecule has 0 saturated carbocycles. The van der Waals surface area contributed by atoms with E-state index in [0.717, 1.165) is 12.8 Å². The Morgan fingerprint density at radius 3 is 2.92 bits per heavy atom. The van der Waals surface area contributed by atoms with Crippen LogP contribution < -0.4 is 10.1 Å². The maximum absolute atomic E-state index is 12.2. The number of hydrogen-bond acceptors (Lipinski definition) is 5. The van der Waals surface area contributed by atoms with Crippen molar-refractivity contribution < 1.29 is 19.4 Å². The third-order valence-corrected chi connectivity index (χ3v) is 5.73. The van der Waals surface area contributed by atoms with Gasteiger partial charge in [0, 0.05) is 17.6 Å². The number of benzene rings is 1. The molecule has 0 bridgehead atoms. The lowest BCUT2D eigenvalue weighted by atomic mass is 10.1. The highest BCUT2D eigenvalue weighted by Gasteiger charge is 2.19. The monoisotopic (exact) mass is 458 g/mol. The number of nitrogens with zero attached hydrogens (tertiary/aromatic N) is 1. The van der Waals surface area contributed by atoms with E-state index in [1.54, 1.807) is 0 Å². The van der Waals surface area contributed by atoms with Crippen LogP contribution in [0.15, 0.2) is 20.6 Å². The molecule has 1 aromatic carbocycles. The molecule has 24 heavy (non-hydrogen) atoms. The normalized spacial score (nSPS) is 17.4. The van der Waals surface area contributed by atoms with Crippen molar-refractivity contribution in [2.24, 2.45) is 0 Å². The number of nitrogens with one attached hydrogen (secondary N) is 1. The maximum Gasteiger partial charge on any atom is 0.262 e. The molecule has 6 nitrogen and oxygen atoms in total. The first kappa shape index (κ1) is 18.8. The summed E-state index contributed by atoms with van der Waals surface area (Å²) < 4.78 is 11.4. The maximum atomic E-state index is 12.2. The molecule has 0 aromatic heterocycles. The average molecular weight is 460 g/mol. The van der Waals surface area contributed by atoms with Gasteiger partial charge in [-0.05, 0) is 62.4 Å². The highest BCUT2D eigenvalue weighted by Crippen LogP contribution is 2.42. The highest BCUT2D eigenvalue weighted by atomic mass is 79.9. The third-order valence-electron chi connectivity index (χ3n) is 3.57. The predicted octanol–water partition coefficient (Wildman–Crippen LogP) is 3.13. The van der Waals surface area contributed by atoms with Crippen LogP contribution in [0.4, 0.5) is 0 Å². The fourth-order valence-corrected chi connectivity index (χ4v) is 3.12. The largest absolute Gasteiger partial charge is 0.503 e. The van der Waals surface area contributed by atoms with Gasteiger partial charge in [0.2, 0.25) is 0 Å². The number of amides is 1. The summed E-state index contributed by atoms with van der Waals surface area (Å²) in [6, 6.07) is 3.43. The molecule has 2 N–H and O–H groups in total. The molecule has 1 amide bonds. The van der Waals surface area contributed by atoms with Crippen molar-refractivity contribution in [3.63, 3.8) is 0 Å². The van der Waals surface area contributed by atoms with Gasteiger partial charge in [-0.2, -0.15) is 5.26 Å². The number of nitriles is 1. The van der Waals surface area contributed by atoms with Gasteiger partial charge >= 0.3 is 0 Å². The Balaban J connectivity index is 2.21. The van der Waals surface area contributed by atoms with E-state index in [1.165, 1.54) is 19.3 Å². The first-order chi connectivity index (χ1) is 11.5. The van der Waals surface area contributed by atoms with Crippen molar-refractivity contribution in [2.45, 2.75) is 18.9 Å². The lowest BCUT2D eigenvalue weighted by Crippen LogP contribution is -2.32. The van der Waals surface area contributed by atoms with Gasteiger partial charge in [-0.25, -0.2) is 0 Å². The van der Waals surface area contributed by atoms with Gasteiger partial charge in [-0.15, -0.1) is 0 Å². The van der Waals surface area contributed by atoms with E-state index in [1.807, 2.05) is 6.07 Å². The summed E-state index contributed by atoms with van der Waals surface area (Å²) in [5, 5.41) is 21.9. The summed E-state index contributed by atoms with van der Waals surface area (Å²) in [6.45, 7) is 1.08. The number of carbonyl (C=O) groups excluding carboxylic acids is 1. The molecule has 1 fully saturated rings. The molecule has 1 aromatic rings. The summed E-state index contributed by atoms with van der Waals surface area (Å²) in [6.07, 6.45) is 3.32. The zero-order chi connectivity index (χ0) is 17.7. The fourth-order valence-electron chi connectivity index (χ4n) is 2.28. The van der Waals surface area contributed by atoms with Crippen LogP contribution in [-0.2, 0) is 9.53 Å². The number of aromatic hydroxyl groups is 1. The van der Waals surface area contributed by atoms with Gasteiger partial charge in [0.15, 0.2) is 11.5 Å². The molecule has 1 aliphatic rings. The first-order valence-corrected chi connectivity index (χ1v) is 8.83. The standard InChI is InChI=1S/C16H16Br2N2O4/c1-23-12-6-9(13(17)14(18)15(12)21)5-10(7-19)16(22)20-8-11-3-2-4-24-11/h5-6,11,21H,2-4,8H2,1H3,(H,20,22)/b10-5+/t11-/m0/s1. The second-order valence-corrected chi connectivity index (χ2v) is 6.75. The van der Waals surface area contributed by atoms with Crippen LogP contribution in [0.5, 0.6) is 11.5 Å². The molecule has 1 heterocycles. The molecule has 0 spiro atoms. The topological polar surface area (TPSA) is 91.6 Å². The van der Waals surface area contributed by atoms with E-state index in [4.69, 9.17) is 9.47 Å². The minimum absolute atomic E-state index is 0.00328. The Hall–Kier alpha value is -1.56. The Morgan fingerprint density at radius 1 is 1.58 bits per heavy atom. The number of rotatable bonds is 5. The minimum atomic E-state index is -0.469. The summed E-state index contributed by atoms with van der Waals surface area (Å²) >= 11 is 6.57. The number of phenolic OH excluding ortho intramolecular Hbond substituents is 1. The third kappa shape index (κ3) is 4.29. The lowest BCUT2D eigenvalue weighted by molar-refractivity contribution is -0.117. The molecular formula is C16H16Br2N2O4. The highest BCUT2D eigenvalue weighted by molar-refractivity contribution is 9.13. The van der Waals surface area contributed by atoms with Crippen LogP contribution in [0, 0.1) is 11.3 Å². The zero-order valence-corrected chi connectivity index (χ0v) is 16.1. The van der Waals surface area contributed by atoms with Crippen LogP contribution in [0.25, 0.3) is 6.08 Å². The zero-order valence-electron chi connectivity index (χ0n) is 12.9. The smallest absolute Gasteiger partial charge is 0.262 e. The SMILES string of the molecule is COc1cc(/C=C(\C#N)C(=O)NC[C@@H]2CCCO2)c(Br)c(Br)c1O. The second kappa shape index (κ2) is 8.51. The number of phenols is 1. The molecule has 1 atom stereocenters. The van der Waals surface area contributed by atoms with Crippen molar-refractivity contribution in [1.82, 2.24) is 5.32 Å². The quantitative estimate of drug-likeness (QED) is 0.521. The molecule has 1 saturated heterocycles. The number of hydrogen-bond donors (Lipinski definition) is 2. The van der Waals surface area contributed by atoms with Crippen molar-refractivity contribution in [1.29, 1.82) is 5.26 Å². The molecular weight excluding hydrogens is 444 g/mol. The van der Waals surface area contributed by atoms with Gasteiger partial charge in [-0.3, -0.25) is 4.79 Å². The van der Waals surface area contributed by atoms with Crippen LogP contribution in [0.3, 0.4) is 0 Å².